The molecule has 0 rings (SSSR count). The predicted octanol–water partition coefficient (Wildman–Crippen LogP) is -1.53. The summed E-state index contributed by atoms with van der Waals surface area (Å²) in [4.78, 5) is 45.7. The number of carbonyl (C=O) groups is 4. The summed E-state index contributed by atoms with van der Waals surface area (Å²) in [6, 6.07) is 0. The average molecular weight is 359 g/mol. The lowest BCUT2D eigenvalue weighted by molar-refractivity contribution is -0.127. The normalized spacial score (nSPS) is 10.6. The maximum Gasteiger partial charge on any atom is 0.407 e. The topological polar surface area (TPSA) is 138 Å². The first-order valence-corrected chi connectivity index (χ1v) is 8.11. The van der Waals surface area contributed by atoms with Gasteiger partial charge in [-0.1, -0.05) is 6.92 Å². The van der Waals surface area contributed by atoms with Crippen molar-refractivity contribution in [3.05, 3.63) is 0 Å². The van der Waals surface area contributed by atoms with E-state index in [2.05, 4.69) is 26.6 Å². The second-order valence-electron chi connectivity index (χ2n) is 6.11. The molecule has 0 saturated heterocycles. The lowest BCUT2D eigenvalue weighted by Crippen LogP contribution is -2.44. The predicted molar refractivity (Wildman–Crippen MR) is 91.8 cm³/mol. The van der Waals surface area contributed by atoms with E-state index in [1.165, 1.54) is 0 Å². The molecule has 0 aromatic carbocycles. The quantitative estimate of drug-likeness (QED) is 0.300. The van der Waals surface area contributed by atoms with E-state index in [1.807, 2.05) is 6.92 Å². The number of ether oxygens (including phenoxy) is 1. The van der Waals surface area contributed by atoms with E-state index in [0.717, 1.165) is 0 Å². The SMILES string of the molecule is CCNCC(=O)NCC(=O)NCC(=O)NCCNC(=O)OC(C)(C)C. The van der Waals surface area contributed by atoms with E-state index < -0.39 is 23.5 Å². The zero-order valence-electron chi connectivity index (χ0n) is 15.3. The van der Waals surface area contributed by atoms with E-state index in [-0.39, 0.29) is 38.6 Å². The van der Waals surface area contributed by atoms with Crippen LogP contribution in [0.4, 0.5) is 4.79 Å². The Morgan fingerprint density at radius 1 is 0.760 bits per heavy atom. The third-order valence-corrected chi connectivity index (χ3v) is 2.54. The lowest BCUT2D eigenvalue weighted by Gasteiger charge is -2.19. The smallest absolute Gasteiger partial charge is 0.407 e. The molecule has 25 heavy (non-hydrogen) atoms. The van der Waals surface area contributed by atoms with Crippen molar-refractivity contribution in [1.29, 1.82) is 0 Å². The fourth-order valence-corrected chi connectivity index (χ4v) is 1.46. The Bertz CT molecular complexity index is 462. The number of nitrogens with one attached hydrogen (secondary N) is 5. The molecule has 0 radical (unpaired) electrons. The molecule has 0 saturated carbocycles. The second kappa shape index (κ2) is 12.1. The van der Waals surface area contributed by atoms with E-state index >= 15 is 0 Å². The maximum absolute atomic E-state index is 11.5. The van der Waals surface area contributed by atoms with Crippen molar-refractivity contribution in [1.82, 2.24) is 26.6 Å². The second-order valence-corrected chi connectivity index (χ2v) is 6.11. The van der Waals surface area contributed by atoms with Crippen LogP contribution in [0.1, 0.15) is 27.7 Å². The van der Waals surface area contributed by atoms with Gasteiger partial charge in [-0.15, -0.1) is 0 Å². The molecule has 10 nitrogen and oxygen atoms in total. The summed E-state index contributed by atoms with van der Waals surface area (Å²) < 4.78 is 5.04. The van der Waals surface area contributed by atoms with Gasteiger partial charge in [-0.3, -0.25) is 14.4 Å². The van der Waals surface area contributed by atoms with Gasteiger partial charge in [-0.2, -0.15) is 0 Å². The van der Waals surface area contributed by atoms with Crippen LogP contribution in [0.5, 0.6) is 0 Å². The van der Waals surface area contributed by atoms with Gasteiger partial charge in [-0.05, 0) is 27.3 Å². The highest BCUT2D eigenvalue weighted by atomic mass is 16.6. The van der Waals surface area contributed by atoms with Crippen LogP contribution in [-0.4, -0.2) is 68.7 Å². The number of hydrogen-bond donors (Lipinski definition) is 5. The molecule has 0 aliphatic heterocycles. The van der Waals surface area contributed by atoms with Crippen LogP contribution in [0.25, 0.3) is 0 Å². The van der Waals surface area contributed by atoms with Crippen LogP contribution in [0.15, 0.2) is 0 Å². The lowest BCUT2D eigenvalue weighted by atomic mass is 10.2. The van der Waals surface area contributed by atoms with Gasteiger partial charge >= 0.3 is 6.09 Å². The number of hydrogen-bond acceptors (Lipinski definition) is 6. The Hall–Kier alpha value is -2.36. The first-order valence-electron chi connectivity index (χ1n) is 8.11. The molecule has 0 spiro atoms. The van der Waals surface area contributed by atoms with Gasteiger partial charge in [0.15, 0.2) is 0 Å². The zero-order chi connectivity index (χ0) is 19.3. The molecule has 0 aromatic heterocycles. The third-order valence-electron chi connectivity index (χ3n) is 2.54. The van der Waals surface area contributed by atoms with Crippen LogP contribution in [-0.2, 0) is 19.1 Å². The van der Waals surface area contributed by atoms with Gasteiger partial charge in [0.2, 0.25) is 17.7 Å². The fraction of sp³-hybridized carbons (Fsp3) is 0.733. The van der Waals surface area contributed by atoms with Crippen molar-refractivity contribution in [3.63, 3.8) is 0 Å². The molecular weight excluding hydrogens is 330 g/mol. The summed E-state index contributed by atoms with van der Waals surface area (Å²) in [5.41, 5.74) is -0.584. The number of likely N-dealkylation sites (N-methyl/N-ethyl adjacent to an activating group) is 1. The molecule has 10 heteroatoms. The number of amides is 4. The van der Waals surface area contributed by atoms with Crippen LogP contribution >= 0.6 is 0 Å². The molecule has 0 aliphatic carbocycles. The minimum absolute atomic E-state index is 0.134. The molecule has 0 fully saturated rings. The van der Waals surface area contributed by atoms with Gasteiger partial charge in [0.25, 0.3) is 0 Å². The van der Waals surface area contributed by atoms with Crippen molar-refractivity contribution < 1.29 is 23.9 Å². The Balaban J connectivity index is 3.71. The Morgan fingerprint density at radius 3 is 1.76 bits per heavy atom. The van der Waals surface area contributed by atoms with Crippen molar-refractivity contribution in [3.8, 4) is 0 Å². The van der Waals surface area contributed by atoms with E-state index in [0.29, 0.717) is 6.54 Å². The molecule has 144 valence electrons. The minimum Gasteiger partial charge on any atom is -0.444 e. The van der Waals surface area contributed by atoms with E-state index in [1.54, 1.807) is 20.8 Å². The molecule has 0 aromatic rings. The van der Waals surface area contributed by atoms with Gasteiger partial charge < -0.3 is 31.3 Å². The molecule has 4 amide bonds. The Morgan fingerprint density at radius 2 is 1.24 bits per heavy atom. The largest absolute Gasteiger partial charge is 0.444 e. The molecule has 0 bridgehead atoms. The van der Waals surface area contributed by atoms with E-state index in [9.17, 15) is 19.2 Å². The standard InChI is InChI=1S/C15H29N5O5/c1-5-16-8-11(21)19-10-13(23)20-9-12(22)17-6-7-18-14(24)25-15(2,3)4/h16H,5-10H2,1-4H3,(H,17,22)(H,18,24)(H,19,21)(H,20,23). The summed E-state index contributed by atoms with van der Waals surface area (Å²) in [6.07, 6.45) is -0.566. The summed E-state index contributed by atoms with van der Waals surface area (Å²) in [5, 5.41) is 12.6. The van der Waals surface area contributed by atoms with Gasteiger partial charge in [0, 0.05) is 13.1 Å². The molecule has 5 N–H and O–H groups in total. The number of carbonyl (C=O) groups excluding carboxylic acids is 4. The molecule has 0 heterocycles. The van der Waals surface area contributed by atoms with Crippen molar-refractivity contribution >= 4 is 23.8 Å². The zero-order valence-corrected chi connectivity index (χ0v) is 15.3. The third kappa shape index (κ3) is 14.9. The van der Waals surface area contributed by atoms with Crippen LogP contribution in [0.2, 0.25) is 0 Å². The first kappa shape index (κ1) is 22.6. The Labute approximate surface area is 147 Å². The van der Waals surface area contributed by atoms with Crippen molar-refractivity contribution in [2.75, 3.05) is 39.3 Å². The maximum atomic E-state index is 11.5. The minimum atomic E-state index is -0.584. The van der Waals surface area contributed by atoms with E-state index in [4.69, 9.17) is 4.74 Å². The highest BCUT2D eigenvalue weighted by molar-refractivity contribution is 5.88. The Kier molecular flexibility index (Phi) is 10.9. The summed E-state index contributed by atoms with van der Waals surface area (Å²) in [7, 11) is 0. The van der Waals surface area contributed by atoms with Gasteiger partial charge in [0.1, 0.15) is 5.60 Å². The molecule has 0 aliphatic rings. The average Bonchev–Trinajstić information content (AvgIpc) is 2.51. The summed E-state index contributed by atoms with van der Waals surface area (Å²) >= 11 is 0. The van der Waals surface area contributed by atoms with Crippen LogP contribution in [0.3, 0.4) is 0 Å². The summed E-state index contributed by atoms with van der Waals surface area (Å²) in [6.45, 7) is 7.90. The monoisotopic (exact) mass is 359 g/mol. The van der Waals surface area contributed by atoms with Crippen LogP contribution in [0, 0.1) is 0 Å². The fourth-order valence-electron chi connectivity index (χ4n) is 1.46. The highest BCUT2D eigenvalue weighted by Crippen LogP contribution is 2.05. The van der Waals surface area contributed by atoms with Crippen molar-refractivity contribution in [2.24, 2.45) is 0 Å². The molecule has 0 unspecified atom stereocenters. The van der Waals surface area contributed by atoms with Gasteiger partial charge in [0.05, 0.1) is 19.6 Å². The molecular formula is C15H29N5O5. The number of alkyl carbamates (subject to hydrolysis) is 1. The van der Waals surface area contributed by atoms with Crippen molar-refractivity contribution in [2.45, 2.75) is 33.3 Å². The first-order chi connectivity index (χ1) is 11.6. The number of rotatable bonds is 10. The van der Waals surface area contributed by atoms with Gasteiger partial charge in [-0.25, -0.2) is 4.79 Å². The van der Waals surface area contributed by atoms with Crippen LogP contribution < -0.4 is 26.6 Å². The summed E-state index contributed by atoms with van der Waals surface area (Å²) in [5.74, 6) is -1.17. The molecule has 0 atom stereocenters. The highest BCUT2D eigenvalue weighted by Gasteiger charge is 2.15.